The molecular formula is C16H34N4O5. The van der Waals surface area contributed by atoms with Crippen molar-refractivity contribution in [1.82, 2.24) is 10.9 Å². The van der Waals surface area contributed by atoms with Crippen molar-refractivity contribution >= 4 is 23.7 Å². The first-order valence-electron chi connectivity index (χ1n) is 7.66. The number of carbonyl (C=O) groups excluding carboxylic acids is 3. The van der Waals surface area contributed by atoms with Crippen LogP contribution >= 0.6 is 0 Å². The highest BCUT2D eigenvalue weighted by atomic mass is 16.6. The van der Waals surface area contributed by atoms with Crippen LogP contribution in [0.5, 0.6) is 0 Å². The van der Waals surface area contributed by atoms with Gasteiger partial charge in [0.15, 0.2) is 0 Å². The van der Waals surface area contributed by atoms with Crippen LogP contribution in [-0.2, 0) is 14.3 Å². The van der Waals surface area contributed by atoms with Crippen molar-refractivity contribution in [2.45, 2.75) is 80.4 Å². The van der Waals surface area contributed by atoms with E-state index in [9.17, 15) is 14.4 Å². The summed E-state index contributed by atoms with van der Waals surface area (Å²) in [6.07, 6.45) is -1.13. The number of carbonyl (C=O) groups is 3. The Morgan fingerprint density at radius 2 is 1.12 bits per heavy atom. The number of hydrogen-bond donors (Lipinski definition) is 3. The molecule has 0 aliphatic carbocycles. The van der Waals surface area contributed by atoms with Gasteiger partial charge in [-0.15, -0.1) is 0 Å². The van der Waals surface area contributed by atoms with E-state index in [4.69, 9.17) is 15.3 Å². The standard InChI is InChI=1S/C8H16N2O2.C5H12N2O2.C3H6O/c1-6(2)9-10-7(11)12-8(3,4)5;1-5(2,3)9-4(8)7-6;1-3(2)4/h1-5H3,(H,10,11);6H2,1-3H3,(H,7,8);1-2H3. The zero-order chi connectivity index (χ0) is 20.8. The van der Waals surface area contributed by atoms with E-state index in [2.05, 4.69) is 10.5 Å². The molecule has 4 N–H and O–H groups in total. The number of Topliss-reactive ketones (excluding diaryl/α,β-unsaturated/α-hetero) is 1. The lowest BCUT2D eigenvalue weighted by atomic mass is 10.2. The van der Waals surface area contributed by atoms with Crippen LogP contribution in [0.1, 0.15) is 69.2 Å². The van der Waals surface area contributed by atoms with Crippen LogP contribution in [0.3, 0.4) is 0 Å². The van der Waals surface area contributed by atoms with E-state index >= 15 is 0 Å². The summed E-state index contributed by atoms with van der Waals surface area (Å²) in [5, 5.41) is 3.70. The smallest absolute Gasteiger partial charge is 0.428 e. The molecule has 0 bridgehead atoms. The molecule has 0 aromatic heterocycles. The van der Waals surface area contributed by atoms with Gasteiger partial charge in [-0.1, -0.05) is 0 Å². The summed E-state index contributed by atoms with van der Waals surface area (Å²) in [5.41, 5.74) is 3.96. The Bertz CT molecular complexity index is 440. The Morgan fingerprint density at radius 1 is 0.800 bits per heavy atom. The fourth-order valence-corrected chi connectivity index (χ4v) is 0.766. The van der Waals surface area contributed by atoms with Gasteiger partial charge in [0.25, 0.3) is 0 Å². The summed E-state index contributed by atoms with van der Waals surface area (Å²) >= 11 is 0. The first-order valence-corrected chi connectivity index (χ1v) is 7.66. The second-order valence-electron chi connectivity index (χ2n) is 7.23. The molecule has 0 rings (SSSR count). The predicted molar refractivity (Wildman–Crippen MR) is 98.1 cm³/mol. The molecule has 0 saturated heterocycles. The van der Waals surface area contributed by atoms with E-state index in [-0.39, 0.29) is 5.78 Å². The third kappa shape index (κ3) is 39.0. The van der Waals surface area contributed by atoms with Gasteiger partial charge >= 0.3 is 12.2 Å². The number of hydrazone groups is 1. The highest BCUT2D eigenvalue weighted by molar-refractivity contribution is 5.80. The normalized spacial score (nSPS) is 9.88. The van der Waals surface area contributed by atoms with Gasteiger partial charge in [0.2, 0.25) is 0 Å². The van der Waals surface area contributed by atoms with Crippen LogP contribution in [0.25, 0.3) is 0 Å². The summed E-state index contributed by atoms with van der Waals surface area (Å²) in [6.45, 7) is 17.3. The molecule has 0 unspecified atom stereocenters. The van der Waals surface area contributed by atoms with Gasteiger partial charge in [-0.25, -0.2) is 20.9 Å². The second-order valence-corrected chi connectivity index (χ2v) is 7.23. The first kappa shape index (κ1) is 27.7. The van der Waals surface area contributed by atoms with Gasteiger partial charge in [-0.3, -0.25) is 5.43 Å². The number of ether oxygens (including phenoxy) is 2. The Balaban J connectivity index is -0.000000328. The average Bonchev–Trinajstić information content (AvgIpc) is 2.32. The molecule has 0 radical (unpaired) electrons. The number of amides is 2. The Kier molecular flexibility index (Phi) is 14.6. The van der Waals surface area contributed by atoms with Gasteiger partial charge in [-0.05, 0) is 69.2 Å². The number of hydrazine groups is 1. The average molecular weight is 362 g/mol. The van der Waals surface area contributed by atoms with Gasteiger partial charge in [0.05, 0.1) is 0 Å². The van der Waals surface area contributed by atoms with Crippen LogP contribution in [0.15, 0.2) is 5.10 Å². The molecule has 0 aliphatic rings. The zero-order valence-electron chi connectivity index (χ0n) is 17.1. The van der Waals surface area contributed by atoms with Crippen molar-refractivity contribution in [3.05, 3.63) is 0 Å². The Morgan fingerprint density at radius 3 is 1.32 bits per heavy atom. The lowest BCUT2D eigenvalue weighted by Crippen LogP contribution is -2.36. The van der Waals surface area contributed by atoms with Crippen molar-refractivity contribution in [3.63, 3.8) is 0 Å². The third-order valence-corrected chi connectivity index (χ3v) is 1.29. The Hall–Kier alpha value is -2.16. The first-order chi connectivity index (χ1) is 11.0. The van der Waals surface area contributed by atoms with Crippen LogP contribution in [-0.4, -0.2) is 34.9 Å². The maximum atomic E-state index is 10.9. The number of nitrogens with zero attached hydrogens (tertiary/aromatic N) is 1. The molecule has 0 aliphatic heterocycles. The molecular weight excluding hydrogens is 328 g/mol. The topological polar surface area (TPSA) is 132 Å². The van der Waals surface area contributed by atoms with Crippen LogP contribution in [0.2, 0.25) is 0 Å². The quantitative estimate of drug-likeness (QED) is 0.284. The molecule has 0 spiro atoms. The summed E-state index contributed by atoms with van der Waals surface area (Å²) in [6, 6.07) is 0. The van der Waals surface area contributed by atoms with E-state index in [1.165, 1.54) is 13.8 Å². The summed E-state index contributed by atoms with van der Waals surface area (Å²) < 4.78 is 9.64. The molecule has 0 aromatic rings. The number of ketones is 1. The van der Waals surface area contributed by atoms with Gasteiger partial charge in [-0.2, -0.15) is 5.10 Å². The largest absolute Gasteiger partial charge is 0.443 e. The molecule has 148 valence electrons. The SMILES string of the molecule is CC(C)(C)OC(=O)NN.CC(C)=NNC(=O)OC(C)(C)C.CC(C)=O. The van der Waals surface area contributed by atoms with Gasteiger partial charge in [0.1, 0.15) is 17.0 Å². The summed E-state index contributed by atoms with van der Waals surface area (Å²) in [5.74, 6) is 4.92. The minimum Gasteiger partial charge on any atom is -0.443 e. The van der Waals surface area contributed by atoms with Crippen LogP contribution in [0.4, 0.5) is 9.59 Å². The number of rotatable bonds is 1. The lowest BCUT2D eigenvalue weighted by molar-refractivity contribution is -0.115. The van der Waals surface area contributed by atoms with Gasteiger partial charge < -0.3 is 14.3 Å². The second kappa shape index (κ2) is 13.2. The minimum absolute atomic E-state index is 0.167. The molecule has 9 heteroatoms. The van der Waals surface area contributed by atoms with Crippen molar-refractivity contribution in [2.24, 2.45) is 10.9 Å². The van der Waals surface area contributed by atoms with Gasteiger partial charge in [0, 0.05) is 5.71 Å². The van der Waals surface area contributed by atoms with Crippen molar-refractivity contribution in [3.8, 4) is 0 Å². The monoisotopic (exact) mass is 362 g/mol. The van der Waals surface area contributed by atoms with E-state index in [0.717, 1.165) is 5.71 Å². The number of hydrogen-bond acceptors (Lipinski definition) is 7. The molecule has 0 aromatic carbocycles. The fourth-order valence-electron chi connectivity index (χ4n) is 0.766. The van der Waals surface area contributed by atoms with Crippen molar-refractivity contribution in [1.29, 1.82) is 0 Å². The highest BCUT2D eigenvalue weighted by Crippen LogP contribution is 2.06. The van der Waals surface area contributed by atoms with E-state index in [1.807, 2.05) is 5.43 Å². The number of nitrogens with one attached hydrogen (secondary N) is 2. The van der Waals surface area contributed by atoms with E-state index < -0.39 is 23.4 Å². The summed E-state index contributed by atoms with van der Waals surface area (Å²) in [4.78, 5) is 30.7. The molecule has 2 amide bonds. The van der Waals surface area contributed by atoms with Crippen LogP contribution < -0.4 is 16.7 Å². The van der Waals surface area contributed by atoms with Crippen LogP contribution in [0, 0.1) is 0 Å². The van der Waals surface area contributed by atoms with E-state index in [1.54, 1.807) is 55.4 Å². The highest BCUT2D eigenvalue weighted by Gasteiger charge is 2.15. The minimum atomic E-state index is -0.609. The molecule has 0 fully saturated rings. The maximum absolute atomic E-state index is 10.9. The molecule has 0 heterocycles. The molecule has 0 atom stereocenters. The molecule has 0 saturated carbocycles. The Labute approximate surface area is 150 Å². The lowest BCUT2D eigenvalue weighted by Gasteiger charge is -2.18. The predicted octanol–water partition coefficient (Wildman–Crippen LogP) is 2.89. The zero-order valence-corrected chi connectivity index (χ0v) is 17.1. The van der Waals surface area contributed by atoms with Crippen molar-refractivity contribution in [2.75, 3.05) is 0 Å². The fraction of sp³-hybridized carbons (Fsp3) is 0.750. The molecule has 25 heavy (non-hydrogen) atoms. The van der Waals surface area contributed by atoms with Crippen molar-refractivity contribution < 1.29 is 23.9 Å². The maximum Gasteiger partial charge on any atom is 0.428 e. The number of nitrogens with two attached hydrogens (primary N) is 1. The van der Waals surface area contributed by atoms with E-state index in [0.29, 0.717) is 0 Å². The third-order valence-electron chi connectivity index (χ3n) is 1.29. The summed E-state index contributed by atoms with van der Waals surface area (Å²) in [7, 11) is 0. The molecule has 9 nitrogen and oxygen atoms in total.